The smallest absolute Gasteiger partial charge is 0.242 e. The maximum absolute atomic E-state index is 12.8. The number of rotatable bonds is 4. The van der Waals surface area contributed by atoms with Gasteiger partial charge in [-0.1, -0.05) is 12.1 Å². The average molecular weight is 382 g/mol. The van der Waals surface area contributed by atoms with Gasteiger partial charge in [0.1, 0.15) is 12.3 Å². The van der Waals surface area contributed by atoms with Gasteiger partial charge in [-0.2, -0.15) is 0 Å². The third kappa shape index (κ3) is 3.48. The Morgan fingerprint density at radius 1 is 1.21 bits per heavy atom. The van der Waals surface area contributed by atoms with Gasteiger partial charge in [-0.15, -0.1) is 0 Å². The molecule has 0 unspecified atom stereocenters. The number of aromatic nitrogens is 2. The van der Waals surface area contributed by atoms with Crippen LogP contribution in [-0.4, -0.2) is 64.0 Å². The van der Waals surface area contributed by atoms with Crippen LogP contribution in [0.1, 0.15) is 24.8 Å². The number of methoxy groups -OCH3 is 1. The predicted molar refractivity (Wildman–Crippen MR) is 104 cm³/mol. The third-order valence-corrected chi connectivity index (χ3v) is 6.11. The number of piperidine rings is 1. The molecule has 0 saturated carbocycles. The summed E-state index contributed by atoms with van der Waals surface area (Å²) in [5.41, 5.74) is 1.20. The highest BCUT2D eigenvalue weighted by molar-refractivity contribution is 5.77. The Labute approximate surface area is 164 Å². The molecule has 7 nitrogen and oxygen atoms in total. The van der Waals surface area contributed by atoms with Crippen molar-refractivity contribution in [3.05, 3.63) is 48.5 Å². The van der Waals surface area contributed by atoms with Crippen LogP contribution in [0.5, 0.6) is 5.75 Å². The summed E-state index contributed by atoms with van der Waals surface area (Å²) in [5, 5.41) is 0. The zero-order chi connectivity index (χ0) is 19.7. The number of imidazole rings is 1. The standard InChI is InChI=1S/C21H26N4O3/c1-15(26)25-12-18(16-3-5-17(28-2)6-4-16)19-11-24(9-7-20(19)25)21(27)13-23-10-8-22-14-23/h3-6,8,10,14,18-20H,7,9,11-13H2,1-2H3/t18-,19-,20-/m1/s1. The van der Waals surface area contributed by atoms with Crippen molar-refractivity contribution >= 4 is 11.8 Å². The van der Waals surface area contributed by atoms with Crippen LogP contribution >= 0.6 is 0 Å². The lowest BCUT2D eigenvalue weighted by Gasteiger charge is -2.38. The molecule has 2 aliphatic heterocycles. The maximum Gasteiger partial charge on any atom is 0.242 e. The van der Waals surface area contributed by atoms with Crippen molar-refractivity contribution in [3.63, 3.8) is 0 Å². The highest BCUT2D eigenvalue weighted by atomic mass is 16.5. The predicted octanol–water partition coefficient (Wildman–Crippen LogP) is 1.75. The Balaban J connectivity index is 1.54. The SMILES string of the molecule is COc1ccc([C@H]2CN(C(C)=O)[C@@H]3CCN(C(=O)Cn4ccnc4)C[C@H]23)cc1. The van der Waals surface area contributed by atoms with E-state index < -0.39 is 0 Å². The topological polar surface area (TPSA) is 67.7 Å². The number of fused-ring (bicyclic) bond motifs is 1. The van der Waals surface area contributed by atoms with Crippen molar-refractivity contribution in [3.8, 4) is 5.75 Å². The zero-order valence-electron chi connectivity index (χ0n) is 16.3. The second-order valence-corrected chi connectivity index (χ2v) is 7.65. The van der Waals surface area contributed by atoms with Crippen LogP contribution < -0.4 is 4.74 Å². The van der Waals surface area contributed by atoms with Gasteiger partial charge in [0.25, 0.3) is 0 Å². The van der Waals surface area contributed by atoms with Crippen molar-refractivity contribution in [1.29, 1.82) is 0 Å². The first-order valence-electron chi connectivity index (χ1n) is 9.71. The van der Waals surface area contributed by atoms with Gasteiger partial charge in [0.15, 0.2) is 0 Å². The Morgan fingerprint density at radius 3 is 2.64 bits per heavy atom. The van der Waals surface area contributed by atoms with Crippen LogP contribution in [0.4, 0.5) is 0 Å². The van der Waals surface area contributed by atoms with E-state index in [0.29, 0.717) is 26.2 Å². The molecule has 0 N–H and O–H groups in total. The molecule has 2 saturated heterocycles. The number of amides is 2. The molecule has 0 aliphatic carbocycles. The fourth-order valence-electron chi connectivity index (χ4n) is 4.66. The molecule has 2 fully saturated rings. The van der Waals surface area contributed by atoms with Crippen LogP contribution in [0.15, 0.2) is 43.0 Å². The monoisotopic (exact) mass is 382 g/mol. The average Bonchev–Trinajstić information content (AvgIpc) is 3.35. The van der Waals surface area contributed by atoms with Gasteiger partial charge in [-0.25, -0.2) is 4.98 Å². The summed E-state index contributed by atoms with van der Waals surface area (Å²) in [5.74, 6) is 1.51. The van der Waals surface area contributed by atoms with Crippen molar-refractivity contribution < 1.29 is 14.3 Å². The Bertz CT molecular complexity index is 834. The van der Waals surface area contributed by atoms with Gasteiger partial charge in [0.2, 0.25) is 11.8 Å². The fraction of sp³-hybridized carbons (Fsp3) is 0.476. The lowest BCUT2D eigenvalue weighted by Crippen LogP contribution is -2.50. The molecule has 3 heterocycles. The van der Waals surface area contributed by atoms with Crippen molar-refractivity contribution in [2.45, 2.75) is 31.8 Å². The van der Waals surface area contributed by atoms with E-state index in [1.54, 1.807) is 37.3 Å². The normalized spacial score (nSPS) is 24.1. The van der Waals surface area contributed by atoms with Gasteiger partial charge in [0.05, 0.1) is 13.4 Å². The number of hydrogen-bond donors (Lipinski definition) is 0. The van der Waals surface area contributed by atoms with Crippen LogP contribution in [-0.2, 0) is 16.1 Å². The number of hydrogen-bond acceptors (Lipinski definition) is 4. The van der Waals surface area contributed by atoms with E-state index >= 15 is 0 Å². The van der Waals surface area contributed by atoms with Crippen molar-refractivity contribution in [2.75, 3.05) is 26.7 Å². The first kappa shape index (κ1) is 18.5. The summed E-state index contributed by atoms with van der Waals surface area (Å²) in [4.78, 5) is 32.9. The number of likely N-dealkylation sites (tertiary alicyclic amines) is 2. The largest absolute Gasteiger partial charge is 0.497 e. The maximum atomic E-state index is 12.8. The molecule has 1 aromatic heterocycles. The second-order valence-electron chi connectivity index (χ2n) is 7.65. The second kappa shape index (κ2) is 7.66. The molecule has 7 heteroatoms. The summed E-state index contributed by atoms with van der Waals surface area (Å²) >= 11 is 0. The highest BCUT2D eigenvalue weighted by Crippen LogP contribution is 2.41. The van der Waals surface area contributed by atoms with E-state index in [0.717, 1.165) is 12.2 Å². The zero-order valence-corrected chi connectivity index (χ0v) is 16.3. The molecule has 1 aromatic carbocycles. The van der Waals surface area contributed by atoms with Crippen LogP contribution in [0, 0.1) is 5.92 Å². The van der Waals surface area contributed by atoms with Gasteiger partial charge in [0, 0.05) is 56.8 Å². The molecular weight excluding hydrogens is 356 g/mol. The third-order valence-electron chi connectivity index (χ3n) is 6.11. The summed E-state index contributed by atoms with van der Waals surface area (Å²) in [6.45, 7) is 4.03. The molecule has 148 valence electrons. The van der Waals surface area contributed by atoms with Crippen molar-refractivity contribution in [2.24, 2.45) is 5.92 Å². The molecule has 0 bridgehead atoms. The Hall–Kier alpha value is -2.83. The minimum absolute atomic E-state index is 0.103. The molecular formula is C21H26N4O3. The first-order chi connectivity index (χ1) is 13.6. The molecule has 28 heavy (non-hydrogen) atoms. The molecule has 3 atom stereocenters. The van der Waals surface area contributed by atoms with E-state index in [2.05, 4.69) is 17.1 Å². The van der Waals surface area contributed by atoms with Gasteiger partial charge in [-0.05, 0) is 24.1 Å². The van der Waals surface area contributed by atoms with Crippen LogP contribution in [0.25, 0.3) is 0 Å². The van der Waals surface area contributed by atoms with E-state index in [4.69, 9.17) is 4.74 Å². The minimum atomic E-state index is 0.103. The Kier molecular flexibility index (Phi) is 5.07. The van der Waals surface area contributed by atoms with E-state index in [1.165, 1.54) is 5.56 Å². The minimum Gasteiger partial charge on any atom is -0.497 e. The molecule has 4 rings (SSSR count). The van der Waals surface area contributed by atoms with E-state index in [-0.39, 0.29) is 29.7 Å². The van der Waals surface area contributed by atoms with E-state index in [9.17, 15) is 9.59 Å². The van der Waals surface area contributed by atoms with Gasteiger partial charge in [-0.3, -0.25) is 9.59 Å². The van der Waals surface area contributed by atoms with Crippen molar-refractivity contribution in [1.82, 2.24) is 19.4 Å². The highest BCUT2D eigenvalue weighted by Gasteiger charge is 2.46. The van der Waals surface area contributed by atoms with Crippen LogP contribution in [0.3, 0.4) is 0 Å². The lowest BCUT2D eigenvalue weighted by atomic mass is 9.81. The number of carbonyl (C=O) groups excluding carboxylic acids is 2. The summed E-state index contributed by atoms with van der Waals surface area (Å²) in [7, 11) is 1.66. The molecule has 2 aliphatic rings. The summed E-state index contributed by atoms with van der Waals surface area (Å²) < 4.78 is 7.07. The molecule has 0 radical (unpaired) electrons. The number of nitrogens with zero attached hydrogens (tertiary/aromatic N) is 4. The Morgan fingerprint density at radius 2 is 2.00 bits per heavy atom. The lowest BCUT2D eigenvalue weighted by molar-refractivity contribution is -0.135. The number of ether oxygens (including phenoxy) is 1. The first-order valence-corrected chi connectivity index (χ1v) is 9.71. The number of benzene rings is 1. The molecule has 0 spiro atoms. The summed E-state index contributed by atoms with van der Waals surface area (Å²) in [6.07, 6.45) is 5.98. The number of carbonyl (C=O) groups is 2. The van der Waals surface area contributed by atoms with Crippen LogP contribution in [0.2, 0.25) is 0 Å². The summed E-state index contributed by atoms with van der Waals surface area (Å²) in [6, 6.07) is 8.28. The van der Waals surface area contributed by atoms with E-state index in [1.807, 2.05) is 21.9 Å². The van der Waals surface area contributed by atoms with Gasteiger partial charge >= 0.3 is 0 Å². The van der Waals surface area contributed by atoms with Gasteiger partial charge < -0.3 is 19.1 Å². The molecule has 2 aromatic rings. The molecule has 2 amide bonds. The fourth-order valence-corrected chi connectivity index (χ4v) is 4.66. The quantitative estimate of drug-likeness (QED) is 0.808.